The van der Waals surface area contributed by atoms with Crippen LogP contribution in [0.15, 0.2) is 4.42 Å². The average Bonchev–Trinajstić information content (AvgIpc) is 2.85. The van der Waals surface area contributed by atoms with Gasteiger partial charge in [0.15, 0.2) is 0 Å². The molecule has 1 saturated heterocycles. The number of ether oxygens (including phenoxy) is 1. The van der Waals surface area contributed by atoms with Crippen molar-refractivity contribution in [2.75, 3.05) is 13.2 Å². The number of rotatable bonds is 5. The van der Waals surface area contributed by atoms with Crippen molar-refractivity contribution in [3.63, 3.8) is 0 Å². The molecule has 0 bridgehead atoms. The molecule has 5 heteroatoms. The maximum absolute atomic E-state index is 5.52. The van der Waals surface area contributed by atoms with Crippen LogP contribution < -0.4 is 5.73 Å². The summed E-state index contributed by atoms with van der Waals surface area (Å²) >= 11 is 0. The molecule has 0 radical (unpaired) electrons. The van der Waals surface area contributed by atoms with E-state index in [4.69, 9.17) is 14.9 Å². The van der Waals surface area contributed by atoms with Gasteiger partial charge in [0.05, 0.1) is 6.10 Å². The Hall–Kier alpha value is -0.940. The van der Waals surface area contributed by atoms with E-state index in [9.17, 15) is 0 Å². The zero-order chi connectivity index (χ0) is 10.5. The van der Waals surface area contributed by atoms with E-state index in [1.807, 2.05) is 0 Å². The largest absolute Gasteiger partial charge is 0.425 e. The number of hydrogen-bond donors (Lipinski definition) is 1. The molecule has 84 valence electrons. The fourth-order valence-corrected chi connectivity index (χ4v) is 1.77. The number of aromatic nitrogens is 2. The molecule has 2 rings (SSSR count). The van der Waals surface area contributed by atoms with Crippen molar-refractivity contribution in [2.24, 2.45) is 5.73 Å². The van der Waals surface area contributed by atoms with Crippen molar-refractivity contribution in [3.8, 4) is 0 Å². The van der Waals surface area contributed by atoms with Gasteiger partial charge in [0.25, 0.3) is 0 Å². The summed E-state index contributed by atoms with van der Waals surface area (Å²) < 4.78 is 10.9. The molecular weight excluding hydrogens is 194 g/mol. The van der Waals surface area contributed by atoms with Crippen LogP contribution in [0.25, 0.3) is 0 Å². The van der Waals surface area contributed by atoms with E-state index < -0.39 is 0 Å². The number of nitrogens with two attached hydrogens (primary N) is 1. The second-order valence-corrected chi connectivity index (χ2v) is 3.80. The van der Waals surface area contributed by atoms with E-state index in [-0.39, 0.29) is 0 Å². The molecule has 1 aliphatic rings. The molecule has 1 aromatic rings. The molecule has 0 aliphatic carbocycles. The fraction of sp³-hybridized carbons (Fsp3) is 0.800. The highest BCUT2D eigenvalue weighted by Gasteiger charge is 2.16. The van der Waals surface area contributed by atoms with Crippen LogP contribution in [0.3, 0.4) is 0 Å². The van der Waals surface area contributed by atoms with Gasteiger partial charge in [-0.15, -0.1) is 10.2 Å². The summed E-state index contributed by atoms with van der Waals surface area (Å²) in [5.74, 6) is 1.34. The normalized spacial score (nSPS) is 21.0. The van der Waals surface area contributed by atoms with Gasteiger partial charge in [-0.1, -0.05) is 0 Å². The molecule has 1 aliphatic heterocycles. The predicted molar refractivity (Wildman–Crippen MR) is 54.4 cm³/mol. The molecule has 0 amide bonds. The van der Waals surface area contributed by atoms with Crippen molar-refractivity contribution in [2.45, 2.75) is 38.2 Å². The summed E-state index contributed by atoms with van der Waals surface area (Å²) in [6, 6.07) is 0. The van der Waals surface area contributed by atoms with Crippen molar-refractivity contribution >= 4 is 0 Å². The van der Waals surface area contributed by atoms with Gasteiger partial charge in [-0.2, -0.15) is 0 Å². The Kier molecular flexibility index (Phi) is 3.69. The third kappa shape index (κ3) is 3.00. The van der Waals surface area contributed by atoms with E-state index in [2.05, 4.69) is 10.2 Å². The molecule has 0 aromatic carbocycles. The lowest BCUT2D eigenvalue weighted by Crippen LogP contribution is -2.06. The molecule has 2 N–H and O–H groups in total. The van der Waals surface area contributed by atoms with Crippen molar-refractivity contribution in [1.82, 2.24) is 10.2 Å². The maximum Gasteiger partial charge on any atom is 0.217 e. The second kappa shape index (κ2) is 5.23. The Labute approximate surface area is 89.0 Å². The molecule has 1 fully saturated rings. The van der Waals surface area contributed by atoms with Gasteiger partial charge in [0, 0.05) is 26.0 Å². The first-order chi connectivity index (χ1) is 7.38. The third-order valence-electron chi connectivity index (χ3n) is 2.57. The zero-order valence-corrected chi connectivity index (χ0v) is 8.82. The predicted octanol–water partition coefficient (Wildman–Crippen LogP) is 0.682. The summed E-state index contributed by atoms with van der Waals surface area (Å²) in [6.45, 7) is 1.44. The fourth-order valence-electron chi connectivity index (χ4n) is 1.77. The summed E-state index contributed by atoms with van der Waals surface area (Å²) in [5.41, 5.74) is 5.40. The Morgan fingerprint density at radius 1 is 1.27 bits per heavy atom. The Morgan fingerprint density at radius 3 is 2.73 bits per heavy atom. The first kappa shape index (κ1) is 10.6. The van der Waals surface area contributed by atoms with Gasteiger partial charge in [0.1, 0.15) is 0 Å². The van der Waals surface area contributed by atoms with Crippen LogP contribution in [0.5, 0.6) is 0 Å². The molecule has 0 saturated carbocycles. The van der Waals surface area contributed by atoms with E-state index in [1.165, 1.54) is 6.42 Å². The topological polar surface area (TPSA) is 74.2 Å². The molecule has 1 aromatic heterocycles. The molecule has 1 atom stereocenters. The second-order valence-electron chi connectivity index (χ2n) is 3.80. The summed E-state index contributed by atoms with van der Waals surface area (Å²) in [5, 5.41) is 7.88. The van der Waals surface area contributed by atoms with E-state index in [1.54, 1.807) is 0 Å². The first-order valence-corrected chi connectivity index (χ1v) is 5.51. The lowest BCUT2D eigenvalue weighted by Gasteiger charge is -2.05. The monoisotopic (exact) mass is 211 g/mol. The third-order valence-corrected chi connectivity index (χ3v) is 2.57. The molecule has 1 unspecified atom stereocenters. The van der Waals surface area contributed by atoms with E-state index >= 15 is 0 Å². The van der Waals surface area contributed by atoms with Gasteiger partial charge in [-0.05, 0) is 19.3 Å². The SMILES string of the molecule is NCCc1nnc(CCC2CCCO2)o1. The lowest BCUT2D eigenvalue weighted by atomic mass is 10.1. The molecule has 15 heavy (non-hydrogen) atoms. The minimum absolute atomic E-state index is 0.384. The van der Waals surface area contributed by atoms with Crippen molar-refractivity contribution in [3.05, 3.63) is 11.8 Å². The Balaban J connectivity index is 1.77. The zero-order valence-electron chi connectivity index (χ0n) is 8.82. The van der Waals surface area contributed by atoms with Gasteiger partial charge in [-0.25, -0.2) is 0 Å². The summed E-state index contributed by atoms with van der Waals surface area (Å²) in [4.78, 5) is 0. The van der Waals surface area contributed by atoms with Crippen molar-refractivity contribution < 1.29 is 9.15 Å². The Morgan fingerprint density at radius 2 is 2.07 bits per heavy atom. The van der Waals surface area contributed by atoms with Gasteiger partial charge in [0.2, 0.25) is 11.8 Å². The van der Waals surface area contributed by atoms with Crippen LogP contribution in [0.4, 0.5) is 0 Å². The van der Waals surface area contributed by atoms with Crippen LogP contribution in [0.2, 0.25) is 0 Å². The summed E-state index contributed by atoms with van der Waals surface area (Å²) in [6.07, 6.45) is 5.16. The van der Waals surface area contributed by atoms with E-state index in [0.717, 1.165) is 25.9 Å². The van der Waals surface area contributed by atoms with Gasteiger partial charge >= 0.3 is 0 Å². The van der Waals surface area contributed by atoms with Crippen molar-refractivity contribution in [1.29, 1.82) is 0 Å². The molecule has 0 spiro atoms. The minimum Gasteiger partial charge on any atom is -0.425 e. The number of hydrogen-bond acceptors (Lipinski definition) is 5. The highest BCUT2D eigenvalue weighted by atomic mass is 16.5. The van der Waals surface area contributed by atoms with Gasteiger partial charge in [-0.3, -0.25) is 0 Å². The van der Waals surface area contributed by atoms with E-state index in [0.29, 0.717) is 30.9 Å². The molecular formula is C10H17N3O2. The smallest absolute Gasteiger partial charge is 0.217 e. The number of nitrogens with zero attached hydrogens (tertiary/aromatic N) is 2. The quantitative estimate of drug-likeness (QED) is 0.775. The minimum atomic E-state index is 0.384. The maximum atomic E-state index is 5.52. The van der Waals surface area contributed by atoms with Crippen LogP contribution in [0.1, 0.15) is 31.0 Å². The lowest BCUT2D eigenvalue weighted by molar-refractivity contribution is 0.103. The van der Waals surface area contributed by atoms with Crippen LogP contribution >= 0.6 is 0 Å². The van der Waals surface area contributed by atoms with Gasteiger partial charge < -0.3 is 14.9 Å². The summed E-state index contributed by atoms with van der Waals surface area (Å²) in [7, 11) is 0. The Bertz CT molecular complexity index is 295. The standard InChI is InChI=1S/C10H17N3O2/c11-6-5-10-13-12-9(15-10)4-3-8-2-1-7-14-8/h8H,1-7,11H2. The van der Waals surface area contributed by atoms with Crippen LogP contribution in [-0.4, -0.2) is 29.5 Å². The highest BCUT2D eigenvalue weighted by Crippen LogP contribution is 2.17. The first-order valence-electron chi connectivity index (χ1n) is 5.51. The highest BCUT2D eigenvalue weighted by molar-refractivity contribution is 4.83. The average molecular weight is 211 g/mol. The van der Waals surface area contributed by atoms with Crippen LogP contribution in [0, 0.1) is 0 Å². The number of aryl methyl sites for hydroxylation is 1. The molecule has 5 nitrogen and oxygen atoms in total. The molecule has 2 heterocycles. The van der Waals surface area contributed by atoms with Crippen LogP contribution in [-0.2, 0) is 17.6 Å².